The van der Waals surface area contributed by atoms with Crippen molar-refractivity contribution in [1.29, 1.82) is 0 Å². The highest BCUT2D eigenvalue weighted by Gasteiger charge is 2.37. The van der Waals surface area contributed by atoms with Crippen molar-refractivity contribution in [1.82, 2.24) is 24.4 Å². The van der Waals surface area contributed by atoms with E-state index in [1.165, 1.54) is 24.3 Å². The molecule has 0 spiro atoms. The highest BCUT2D eigenvalue weighted by molar-refractivity contribution is 6.31. The summed E-state index contributed by atoms with van der Waals surface area (Å²) in [6.45, 7) is 1.99. The largest absolute Gasteiger partial charge is 0.433 e. The number of aromatic nitrogens is 5. The Morgan fingerprint density at radius 3 is 2.62 bits per heavy atom. The number of alkyl halides is 3. The molecule has 0 aliphatic heterocycles. The quantitative estimate of drug-likeness (QED) is 0.387. The van der Waals surface area contributed by atoms with E-state index in [1.54, 1.807) is 17.7 Å². The first-order chi connectivity index (χ1) is 16.1. The maximum absolute atomic E-state index is 13.6. The monoisotopic (exact) mass is 492 g/mol. The van der Waals surface area contributed by atoms with Gasteiger partial charge in [-0.1, -0.05) is 17.7 Å². The number of hydrogen-bond acceptors (Lipinski definition) is 4. The van der Waals surface area contributed by atoms with Gasteiger partial charge in [-0.15, -0.1) is 0 Å². The predicted octanol–water partition coefficient (Wildman–Crippen LogP) is 5.22. The Morgan fingerprint density at radius 2 is 1.94 bits per heavy atom. The number of rotatable bonds is 5. The van der Waals surface area contributed by atoms with E-state index in [9.17, 15) is 22.4 Å². The zero-order valence-electron chi connectivity index (χ0n) is 17.7. The molecule has 1 aromatic carbocycles. The van der Waals surface area contributed by atoms with Crippen LogP contribution < -0.4 is 5.32 Å². The van der Waals surface area contributed by atoms with Crippen molar-refractivity contribution in [3.05, 3.63) is 75.6 Å². The van der Waals surface area contributed by atoms with Crippen LogP contribution >= 0.6 is 11.6 Å². The lowest BCUT2D eigenvalue weighted by molar-refractivity contribution is -0.142. The van der Waals surface area contributed by atoms with Crippen LogP contribution in [0.2, 0.25) is 5.02 Å². The molecule has 34 heavy (non-hydrogen) atoms. The molecule has 3 heterocycles. The molecule has 1 aliphatic carbocycles. The highest BCUT2D eigenvalue weighted by Crippen LogP contribution is 2.41. The summed E-state index contributed by atoms with van der Waals surface area (Å²) in [6.07, 6.45) is -3.08. The number of fused-ring (bicyclic) bond motifs is 1. The third-order valence-corrected chi connectivity index (χ3v) is 5.88. The minimum Gasteiger partial charge on any atom is -0.304 e. The summed E-state index contributed by atoms with van der Waals surface area (Å²) in [6, 6.07) is 7.82. The molecule has 1 fully saturated rings. The van der Waals surface area contributed by atoms with E-state index in [4.69, 9.17) is 11.6 Å². The number of aryl methyl sites for hydroxylation is 1. The predicted molar refractivity (Wildman–Crippen MR) is 115 cm³/mol. The minimum atomic E-state index is -4.65. The van der Waals surface area contributed by atoms with Gasteiger partial charge in [-0.25, -0.2) is 13.9 Å². The smallest absolute Gasteiger partial charge is 0.304 e. The van der Waals surface area contributed by atoms with Gasteiger partial charge in [0.2, 0.25) is 0 Å². The number of anilines is 1. The Labute approximate surface area is 195 Å². The number of nitrogens with one attached hydrogen (secondary N) is 1. The fourth-order valence-electron chi connectivity index (χ4n) is 3.62. The van der Waals surface area contributed by atoms with Gasteiger partial charge in [0.05, 0.1) is 6.54 Å². The first-order valence-electron chi connectivity index (χ1n) is 10.4. The number of carbonyl (C=O) groups excluding carboxylic acids is 1. The SMILES string of the molecule is Cc1cc(NC(=O)c2cc3nc(C4CC4)cc(C(F)(F)F)n3n2)nn1Cc1ccc(F)cc1Cl. The maximum atomic E-state index is 13.6. The molecule has 1 amide bonds. The second-order valence-electron chi connectivity index (χ2n) is 8.16. The molecule has 12 heteroatoms. The van der Waals surface area contributed by atoms with Crippen molar-refractivity contribution in [2.24, 2.45) is 0 Å². The van der Waals surface area contributed by atoms with Crippen LogP contribution in [0.1, 0.15) is 51.9 Å². The van der Waals surface area contributed by atoms with Crippen LogP contribution in [-0.2, 0) is 12.7 Å². The molecule has 0 saturated heterocycles. The molecule has 0 unspecified atom stereocenters. The molecule has 3 aromatic heterocycles. The van der Waals surface area contributed by atoms with E-state index in [0.717, 1.165) is 18.9 Å². The molecule has 5 rings (SSSR count). The molecule has 1 N–H and O–H groups in total. The zero-order chi connectivity index (χ0) is 24.2. The van der Waals surface area contributed by atoms with E-state index >= 15 is 0 Å². The summed E-state index contributed by atoms with van der Waals surface area (Å²) in [7, 11) is 0. The molecule has 176 valence electrons. The number of nitrogens with zero attached hydrogens (tertiary/aromatic N) is 5. The highest BCUT2D eigenvalue weighted by atomic mass is 35.5. The van der Waals surface area contributed by atoms with Crippen molar-refractivity contribution >= 4 is 29.0 Å². The Balaban J connectivity index is 1.40. The summed E-state index contributed by atoms with van der Waals surface area (Å²) < 4.78 is 56.2. The van der Waals surface area contributed by atoms with Gasteiger partial charge in [0.15, 0.2) is 17.2 Å². The van der Waals surface area contributed by atoms with E-state index in [2.05, 4.69) is 20.5 Å². The number of amides is 1. The molecular weight excluding hydrogens is 476 g/mol. The minimum absolute atomic E-state index is 0.000160. The molecule has 1 aliphatic rings. The average molecular weight is 493 g/mol. The Bertz CT molecular complexity index is 1420. The average Bonchev–Trinajstić information content (AvgIpc) is 3.42. The van der Waals surface area contributed by atoms with E-state index in [-0.39, 0.29) is 34.6 Å². The van der Waals surface area contributed by atoms with Crippen LogP contribution in [0.3, 0.4) is 0 Å². The molecular formula is C22H17ClF4N6O. The van der Waals surface area contributed by atoms with E-state index in [0.29, 0.717) is 21.5 Å². The van der Waals surface area contributed by atoms with Crippen LogP contribution in [0.15, 0.2) is 36.4 Å². The maximum Gasteiger partial charge on any atom is 0.433 e. The third-order valence-electron chi connectivity index (χ3n) is 5.52. The summed E-state index contributed by atoms with van der Waals surface area (Å²) in [5, 5.41) is 10.9. The van der Waals surface area contributed by atoms with Gasteiger partial charge in [-0.2, -0.15) is 23.4 Å². The first kappa shape index (κ1) is 22.3. The van der Waals surface area contributed by atoms with Gasteiger partial charge in [-0.05, 0) is 43.5 Å². The van der Waals surface area contributed by atoms with Crippen molar-refractivity contribution in [3.63, 3.8) is 0 Å². The second-order valence-corrected chi connectivity index (χ2v) is 8.56. The summed E-state index contributed by atoms with van der Waals surface area (Å²) in [4.78, 5) is 17.0. The Kier molecular flexibility index (Phi) is 5.31. The van der Waals surface area contributed by atoms with Gasteiger partial charge < -0.3 is 5.32 Å². The van der Waals surface area contributed by atoms with Crippen molar-refractivity contribution in [2.75, 3.05) is 5.32 Å². The topological polar surface area (TPSA) is 77.1 Å². The fourth-order valence-corrected chi connectivity index (χ4v) is 3.84. The lowest BCUT2D eigenvalue weighted by atomic mass is 10.2. The normalized spacial score (nSPS) is 14.1. The number of benzene rings is 1. The van der Waals surface area contributed by atoms with E-state index in [1.807, 2.05) is 0 Å². The van der Waals surface area contributed by atoms with Crippen molar-refractivity contribution in [3.8, 4) is 0 Å². The lowest BCUT2D eigenvalue weighted by Crippen LogP contribution is -2.16. The summed E-state index contributed by atoms with van der Waals surface area (Å²) in [5.74, 6) is -1.00. The second kappa shape index (κ2) is 8.08. The van der Waals surface area contributed by atoms with Crippen LogP contribution in [-0.4, -0.2) is 30.3 Å². The molecule has 0 atom stereocenters. The Morgan fingerprint density at radius 1 is 1.18 bits per heavy atom. The lowest BCUT2D eigenvalue weighted by Gasteiger charge is -2.10. The van der Waals surface area contributed by atoms with Crippen LogP contribution in [0.25, 0.3) is 5.65 Å². The van der Waals surface area contributed by atoms with Gasteiger partial charge >= 0.3 is 6.18 Å². The molecule has 7 nitrogen and oxygen atoms in total. The van der Waals surface area contributed by atoms with Gasteiger partial charge in [0.25, 0.3) is 5.91 Å². The van der Waals surface area contributed by atoms with Crippen LogP contribution in [0.5, 0.6) is 0 Å². The van der Waals surface area contributed by atoms with Crippen molar-refractivity contribution < 1.29 is 22.4 Å². The summed E-state index contributed by atoms with van der Waals surface area (Å²) in [5.41, 5.74) is 0.412. The van der Waals surface area contributed by atoms with Crippen LogP contribution in [0, 0.1) is 12.7 Å². The number of hydrogen-bond donors (Lipinski definition) is 1. The fraction of sp³-hybridized carbons (Fsp3) is 0.273. The first-order valence-corrected chi connectivity index (χ1v) is 10.7. The number of halogens is 5. The Hall–Kier alpha value is -3.47. The molecule has 1 saturated carbocycles. The molecule has 0 radical (unpaired) electrons. The van der Waals surface area contributed by atoms with Crippen molar-refractivity contribution in [2.45, 2.75) is 38.4 Å². The van der Waals surface area contributed by atoms with Crippen LogP contribution in [0.4, 0.5) is 23.4 Å². The van der Waals surface area contributed by atoms with Gasteiger partial charge in [0, 0.05) is 34.5 Å². The van der Waals surface area contributed by atoms with Gasteiger partial charge in [-0.3, -0.25) is 9.48 Å². The number of carbonyl (C=O) groups is 1. The molecule has 0 bridgehead atoms. The van der Waals surface area contributed by atoms with Gasteiger partial charge in [0.1, 0.15) is 11.5 Å². The third kappa shape index (κ3) is 4.35. The van der Waals surface area contributed by atoms with E-state index < -0.39 is 23.6 Å². The summed E-state index contributed by atoms with van der Waals surface area (Å²) >= 11 is 6.07. The standard InChI is InChI=1S/C22H17ClF4N6O/c1-11-6-19(31-32(11)10-13-4-5-14(24)7-15(13)23)29-21(34)17-9-20-28-16(12-2-3-12)8-18(22(25,26)27)33(20)30-17/h4-9,12H,2-3,10H2,1H3,(H,29,31,34). The zero-order valence-corrected chi connectivity index (χ0v) is 18.5. The molecule has 4 aromatic rings.